The number of hydrogen-bond acceptors (Lipinski definition) is 4. The molecule has 80 valence electrons. The lowest BCUT2D eigenvalue weighted by molar-refractivity contribution is -0.139. The van der Waals surface area contributed by atoms with Crippen LogP contribution in [0.25, 0.3) is 0 Å². The minimum atomic E-state index is -1.20. The van der Waals surface area contributed by atoms with Gasteiger partial charge in [-0.05, 0) is 12.1 Å². The van der Waals surface area contributed by atoms with E-state index in [1.165, 1.54) is 18.2 Å². The van der Waals surface area contributed by atoms with Gasteiger partial charge in [0.05, 0.1) is 0 Å². The Kier molecular flexibility index (Phi) is 3.12. The minimum absolute atomic E-state index is 0.0510. The number of nitrogens with two attached hydrogens (primary N) is 1. The van der Waals surface area contributed by atoms with Crippen LogP contribution < -0.4 is 10.5 Å². The van der Waals surface area contributed by atoms with Crippen LogP contribution in [0.2, 0.25) is 0 Å². The summed E-state index contributed by atoms with van der Waals surface area (Å²) in [6.45, 7) is -0.607. The summed E-state index contributed by atoms with van der Waals surface area (Å²) in [5, 5.41) is 17.1. The van der Waals surface area contributed by atoms with Crippen LogP contribution in [0.4, 0.5) is 5.69 Å². The highest BCUT2D eigenvalue weighted by Gasteiger charge is 2.12. The number of carbonyl (C=O) groups is 2. The molecule has 0 radical (unpaired) electrons. The van der Waals surface area contributed by atoms with Gasteiger partial charge in [-0.3, -0.25) is 0 Å². The van der Waals surface area contributed by atoms with Crippen molar-refractivity contribution in [3.05, 3.63) is 23.8 Å². The maximum atomic E-state index is 10.7. The average Bonchev–Trinajstić information content (AvgIpc) is 2.14. The van der Waals surface area contributed by atoms with Crippen molar-refractivity contribution in [3.63, 3.8) is 0 Å². The summed E-state index contributed by atoms with van der Waals surface area (Å²) in [6.07, 6.45) is 0. The number of aliphatic carboxylic acids is 1. The van der Waals surface area contributed by atoms with E-state index in [9.17, 15) is 9.59 Å². The number of rotatable bonds is 4. The summed E-state index contributed by atoms with van der Waals surface area (Å²) in [7, 11) is 0. The van der Waals surface area contributed by atoms with E-state index in [0.29, 0.717) is 5.69 Å². The number of hydrogen-bond donors (Lipinski definition) is 3. The normalized spacial score (nSPS) is 9.60. The molecular weight excluding hydrogens is 202 g/mol. The summed E-state index contributed by atoms with van der Waals surface area (Å²) < 4.78 is 4.78. The van der Waals surface area contributed by atoms with E-state index in [-0.39, 0.29) is 11.3 Å². The molecule has 6 heteroatoms. The predicted molar refractivity (Wildman–Crippen MR) is 50.9 cm³/mol. The van der Waals surface area contributed by atoms with Crippen molar-refractivity contribution >= 4 is 17.6 Å². The molecule has 15 heavy (non-hydrogen) atoms. The predicted octanol–water partition coefficient (Wildman–Crippen LogP) is 0.430. The molecule has 0 saturated heterocycles. The van der Waals surface area contributed by atoms with Gasteiger partial charge in [-0.15, -0.1) is 0 Å². The highest BCUT2D eigenvalue weighted by atomic mass is 16.5. The van der Waals surface area contributed by atoms with Crippen LogP contribution in [0.3, 0.4) is 0 Å². The molecule has 1 aromatic carbocycles. The standard InChI is InChI=1S/C9H9NO5/c10-5-1-2-6(9(13)14)7(3-5)15-4-8(11)12/h1-3H,4,10H2,(H,11,12)(H,13,14). The summed E-state index contributed by atoms with van der Waals surface area (Å²) in [5.74, 6) is -2.44. The van der Waals surface area contributed by atoms with Crippen molar-refractivity contribution in [1.29, 1.82) is 0 Å². The monoisotopic (exact) mass is 211 g/mol. The van der Waals surface area contributed by atoms with Crippen LogP contribution in [0.5, 0.6) is 5.75 Å². The maximum Gasteiger partial charge on any atom is 0.341 e. The Morgan fingerprint density at radius 3 is 2.53 bits per heavy atom. The van der Waals surface area contributed by atoms with Gasteiger partial charge in [0.25, 0.3) is 0 Å². The summed E-state index contributed by atoms with van der Waals surface area (Å²) in [5.41, 5.74) is 5.60. The van der Waals surface area contributed by atoms with Crippen molar-refractivity contribution in [2.45, 2.75) is 0 Å². The smallest absolute Gasteiger partial charge is 0.341 e. The van der Waals surface area contributed by atoms with Crippen LogP contribution in [0.1, 0.15) is 10.4 Å². The first-order chi connectivity index (χ1) is 7.00. The molecule has 0 atom stereocenters. The molecule has 0 bridgehead atoms. The van der Waals surface area contributed by atoms with Gasteiger partial charge < -0.3 is 20.7 Å². The number of nitrogen functional groups attached to an aromatic ring is 1. The van der Waals surface area contributed by atoms with Crippen LogP contribution in [-0.4, -0.2) is 28.8 Å². The molecule has 6 nitrogen and oxygen atoms in total. The summed E-state index contributed by atoms with van der Waals surface area (Å²) in [4.78, 5) is 20.9. The fourth-order valence-corrected chi connectivity index (χ4v) is 0.975. The lowest BCUT2D eigenvalue weighted by atomic mass is 10.2. The first-order valence-electron chi connectivity index (χ1n) is 3.98. The molecule has 0 amide bonds. The second kappa shape index (κ2) is 4.32. The number of anilines is 1. The number of carboxylic acids is 2. The lowest BCUT2D eigenvalue weighted by Gasteiger charge is -2.07. The zero-order valence-electron chi connectivity index (χ0n) is 7.64. The molecule has 0 aliphatic rings. The molecule has 0 aromatic heterocycles. The largest absolute Gasteiger partial charge is 0.481 e. The Bertz CT molecular complexity index is 401. The van der Waals surface area contributed by atoms with E-state index in [4.69, 9.17) is 20.7 Å². The Balaban J connectivity index is 2.96. The molecule has 0 aliphatic heterocycles. The third-order valence-corrected chi connectivity index (χ3v) is 1.59. The third-order valence-electron chi connectivity index (χ3n) is 1.59. The summed E-state index contributed by atoms with van der Waals surface area (Å²) >= 11 is 0. The van der Waals surface area contributed by atoms with Gasteiger partial charge in [-0.2, -0.15) is 0 Å². The van der Waals surface area contributed by atoms with Crippen LogP contribution in [-0.2, 0) is 4.79 Å². The lowest BCUT2D eigenvalue weighted by Crippen LogP contribution is -2.12. The zero-order valence-corrected chi connectivity index (χ0v) is 7.64. The number of benzene rings is 1. The summed E-state index contributed by atoms with van der Waals surface area (Å²) in [6, 6.07) is 3.93. The van der Waals surface area contributed by atoms with E-state index in [1.54, 1.807) is 0 Å². The molecule has 4 N–H and O–H groups in total. The molecule has 0 aliphatic carbocycles. The Morgan fingerprint density at radius 2 is 2.00 bits per heavy atom. The van der Waals surface area contributed by atoms with Crippen molar-refractivity contribution in [1.82, 2.24) is 0 Å². The Morgan fingerprint density at radius 1 is 1.33 bits per heavy atom. The molecular formula is C9H9NO5. The number of ether oxygens (including phenoxy) is 1. The molecule has 0 unspecified atom stereocenters. The molecule has 1 rings (SSSR count). The second-order valence-electron chi connectivity index (χ2n) is 2.74. The highest BCUT2D eigenvalue weighted by Crippen LogP contribution is 2.21. The van der Waals surface area contributed by atoms with E-state index in [2.05, 4.69) is 0 Å². The van der Waals surface area contributed by atoms with Crippen LogP contribution >= 0.6 is 0 Å². The van der Waals surface area contributed by atoms with E-state index >= 15 is 0 Å². The number of carboxylic acid groups (broad SMARTS) is 2. The topological polar surface area (TPSA) is 110 Å². The zero-order chi connectivity index (χ0) is 11.4. The van der Waals surface area contributed by atoms with Crippen LogP contribution in [0, 0.1) is 0 Å². The van der Waals surface area contributed by atoms with Crippen molar-refractivity contribution in [3.8, 4) is 5.75 Å². The van der Waals surface area contributed by atoms with E-state index in [1.807, 2.05) is 0 Å². The molecule has 1 aromatic rings. The number of aromatic carboxylic acids is 1. The van der Waals surface area contributed by atoms with E-state index < -0.39 is 18.5 Å². The fourth-order valence-electron chi connectivity index (χ4n) is 0.975. The van der Waals surface area contributed by atoms with Crippen molar-refractivity contribution in [2.24, 2.45) is 0 Å². The van der Waals surface area contributed by atoms with Gasteiger partial charge in [0, 0.05) is 11.8 Å². The van der Waals surface area contributed by atoms with Crippen molar-refractivity contribution in [2.75, 3.05) is 12.3 Å². The first-order valence-corrected chi connectivity index (χ1v) is 3.98. The quantitative estimate of drug-likeness (QED) is 0.623. The van der Waals surface area contributed by atoms with Gasteiger partial charge in [0.2, 0.25) is 0 Å². The van der Waals surface area contributed by atoms with Gasteiger partial charge in [-0.25, -0.2) is 9.59 Å². The van der Waals surface area contributed by atoms with Crippen LogP contribution in [0.15, 0.2) is 18.2 Å². The maximum absolute atomic E-state index is 10.7. The second-order valence-corrected chi connectivity index (χ2v) is 2.74. The fraction of sp³-hybridized carbons (Fsp3) is 0.111. The molecule has 0 spiro atoms. The molecule has 0 fully saturated rings. The average molecular weight is 211 g/mol. The van der Waals surface area contributed by atoms with Crippen molar-refractivity contribution < 1.29 is 24.5 Å². The first kappa shape index (κ1) is 10.8. The van der Waals surface area contributed by atoms with Gasteiger partial charge in [-0.1, -0.05) is 0 Å². The highest BCUT2D eigenvalue weighted by molar-refractivity contribution is 5.91. The Hall–Kier alpha value is -2.24. The molecule has 0 saturated carbocycles. The van der Waals surface area contributed by atoms with E-state index in [0.717, 1.165) is 0 Å². The Labute approximate surface area is 84.9 Å². The van der Waals surface area contributed by atoms with Gasteiger partial charge >= 0.3 is 11.9 Å². The minimum Gasteiger partial charge on any atom is -0.481 e. The van der Waals surface area contributed by atoms with Gasteiger partial charge in [0.15, 0.2) is 6.61 Å². The SMILES string of the molecule is Nc1ccc(C(=O)O)c(OCC(=O)O)c1. The van der Waals surface area contributed by atoms with Gasteiger partial charge in [0.1, 0.15) is 11.3 Å². The molecule has 0 heterocycles. The third kappa shape index (κ3) is 2.87.